The van der Waals surface area contributed by atoms with Gasteiger partial charge < -0.3 is 14.4 Å². The summed E-state index contributed by atoms with van der Waals surface area (Å²) < 4.78 is 10.4. The summed E-state index contributed by atoms with van der Waals surface area (Å²) in [6.07, 6.45) is 1.11. The lowest BCUT2D eigenvalue weighted by atomic mass is 9.53. The van der Waals surface area contributed by atoms with Crippen LogP contribution in [0.2, 0.25) is 0 Å². The Hall–Kier alpha value is -4.17. The first-order valence-corrected chi connectivity index (χ1v) is 9.39. The Bertz CT molecular complexity index is 1190. The van der Waals surface area contributed by atoms with Gasteiger partial charge in [0, 0.05) is 18.9 Å². The van der Waals surface area contributed by atoms with E-state index in [1.54, 1.807) is 55.6 Å². The van der Waals surface area contributed by atoms with Crippen molar-refractivity contribution in [3.8, 4) is 17.9 Å². The zero-order chi connectivity index (χ0) is 22.4. The second kappa shape index (κ2) is 6.68. The molecule has 0 saturated carbocycles. The van der Waals surface area contributed by atoms with Crippen LogP contribution in [0.25, 0.3) is 0 Å². The number of carbonyl (C=O) groups excluding carboxylic acids is 2. The number of ether oxygens (including phenoxy) is 2. The highest BCUT2D eigenvalue weighted by Gasteiger charge is 2.80. The van der Waals surface area contributed by atoms with Gasteiger partial charge in [0.1, 0.15) is 5.75 Å². The van der Waals surface area contributed by atoms with E-state index in [0.717, 1.165) is 6.21 Å². The number of esters is 1. The fourth-order valence-corrected chi connectivity index (χ4v) is 4.81. The first-order chi connectivity index (χ1) is 14.9. The van der Waals surface area contributed by atoms with Crippen molar-refractivity contribution in [2.24, 2.45) is 10.4 Å². The van der Waals surface area contributed by atoms with Crippen LogP contribution >= 0.6 is 0 Å². The molecule has 2 aliphatic rings. The second-order valence-electron chi connectivity index (χ2n) is 7.35. The molecule has 2 atom stereocenters. The third-order valence-electron chi connectivity index (χ3n) is 6.22. The van der Waals surface area contributed by atoms with Crippen LogP contribution in [-0.4, -0.2) is 39.4 Å². The summed E-state index contributed by atoms with van der Waals surface area (Å²) >= 11 is 0. The monoisotopic (exact) mass is 414 g/mol. The Kier molecular flexibility index (Phi) is 4.33. The van der Waals surface area contributed by atoms with Gasteiger partial charge in [-0.05, 0) is 29.3 Å². The molecule has 2 heterocycles. The SMILES string of the molecule is COC(=O)[C@@]1(c2ccc(OC)cc2)N=CC(C#N)(C#N)[C@@]12C(=O)N(C)c1ccccc12. The number of fused-ring (bicyclic) bond motifs is 2. The van der Waals surface area contributed by atoms with Gasteiger partial charge in [-0.2, -0.15) is 10.5 Å². The molecule has 0 N–H and O–H groups in total. The molecule has 0 aromatic heterocycles. The molecule has 0 bridgehead atoms. The normalized spacial score (nSPS) is 25.1. The third-order valence-corrected chi connectivity index (χ3v) is 6.22. The highest BCUT2D eigenvalue weighted by molar-refractivity contribution is 6.18. The smallest absolute Gasteiger partial charge is 0.340 e. The van der Waals surface area contributed by atoms with E-state index in [9.17, 15) is 20.1 Å². The van der Waals surface area contributed by atoms with Crippen molar-refractivity contribution in [1.29, 1.82) is 10.5 Å². The number of carbonyl (C=O) groups is 2. The maximum absolute atomic E-state index is 14.0. The van der Waals surface area contributed by atoms with E-state index in [1.165, 1.54) is 19.1 Å². The Morgan fingerprint density at radius 1 is 1.06 bits per heavy atom. The van der Waals surface area contributed by atoms with Gasteiger partial charge in [-0.3, -0.25) is 9.79 Å². The lowest BCUT2D eigenvalue weighted by Crippen LogP contribution is -2.63. The maximum Gasteiger partial charge on any atom is 0.340 e. The molecule has 0 unspecified atom stereocenters. The van der Waals surface area contributed by atoms with Gasteiger partial charge in [0.25, 0.3) is 0 Å². The van der Waals surface area contributed by atoms with Gasteiger partial charge >= 0.3 is 5.97 Å². The van der Waals surface area contributed by atoms with Crippen molar-refractivity contribution in [3.05, 3.63) is 59.7 Å². The van der Waals surface area contributed by atoms with Gasteiger partial charge in [0.15, 0.2) is 10.8 Å². The standard InChI is InChI=1S/C23H18N4O4/c1-27-18-7-5-4-6-17(18)22(19(27)28)21(12-24,13-25)14-26-23(22,20(29)31-3)15-8-10-16(30-2)11-9-15/h4-11,14H,1-3H3/t22-,23-/m1/s1. The number of nitriles is 2. The van der Waals surface area contributed by atoms with Gasteiger partial charge in [0.2, 0.25) is 11.4 Å². The number of anilines is 1. The number of rotatable bonds is 3. The lowest BCUT2D eigenvalue weighted by Gasteiger charge is -2.42. The molecule has 2 aromatic carbocycles. The van der Waals surface area contributed by atoms with Gasteiger partial charge in [-0.15, -0.1) is 0 Å². The van der Waals surface area contributed by atoms with Crippen LogP contribution in [0, 0.1) is 28.1 Å². The number of aliphatic imine (C=N–C) groups is 1. The van der Waals surface area contributed by atoms with Crippen molar-refractivity contribution >= 4 is 23.8 Å². The Morgan fingerprint density at radius 2 is 1.71 bits per heavy atom. The number of likely N-dealkylation sites (N-methyl/N-ethyl adjacent to an activating group) is 1. The van der Waals surface area contributed by atoms with E-state index >= 15 is 0 Å². The van der Waals surface area contributed by atoms with Crippen molar-refractivity contribution < 1.29 is 19.1 Å². The van der Waals surface area contributed by atoms with Crippen LogP contribution in [-0.2, 0) is 25.3 Å². The first-order valence-electron chi connectivity index (χ1n) is 9.39. The summed E-state index contributed by atoms with van der Waals surface area (Å²) in [5, 5.41) is 20.4. The fourth-order valence-electron chi connectivity index (χ4n) is 4.81. The van der Waals surface area contributed by atoms with E-state index in [1.807, 2.05) is 12.1 Å². The number of hydrogen-bond donors (Lipinski definition) is 0. The first kappa shape index (κ1) is 20.1. The minimum Gasteiger partial charge on any atom is -0.497 e. The summed E-state index contributed by atoms with van der Waals surface area (Å²) in [6, 6.07) is 17.2. The van der Waals surface area contributed by atoms with Crippen LogP contribution in [0.4, 0.5) is 5.69 Å². The van der Waals surface area contributed by atoms with E-state index in [-0.39, 0.29) is 0 Å². The number of methoxy groups -OCH3 is 2. The summed E-state index contributed by atoms with van der Waals surface area (Å²) in [7, 11) is 4.23. The van der Waals surface area contributed by atoms with Crippen LogP contribution < -0.4 is 9.64 Å². The minimum atomic E-state index is -2.04. The zero-order valence-electron chi connectivity index (χ0n) is 17.1. The molecule has 4 rings (SSSR count). The number of hydrogen-bond acceptors (Lipinski definition) is 7. The Balaban J connectivity index is 2.19. The van der Waals surface area contributed by atoms with Gasteiger partial charge in [0.05, 0.1) is 26.4 Å². The molecule has 1 amide bonds. The predicted molar refractivity (Wildman–Crippen MR) is 110 cm³/mol. The average molecular weight is 414 g/mol. The minimum absolute atomic E-state index is 0.308. The molecule has 0 saturated heterocycles. The summed E-state index contributed by atoms with van der Waals surface area (Å²) in [4.78, 5) is 33.2. The van der Waals surface area contributed by atoms with Crippen LogP contribution in [0.1, 0.15) is 11.1 Å². The number of para-hydroxylation sites is 1. The zero-order valence-corrected chi connectivity index (χ0v) is 17.1. The number of benzene rings is 2. The summed E-state index contributed by atoms with van der Waals surface area (Å²) in [5.41, 5.74) is -4.84. The third kappa shape index (κ3) is 2.09. The highest BCUT2D eigenvalue weighted by atomic mass is 16.5. The molecule has 154 valence electrons. The Labute approximate surface area is 178 Å². The van der Waals surface area contributed by atoms with Crippen molar-refractivity contribution in [2.75, 3.05) is 26.2 Å². The molecular weight excluding hydrogens is 396 g/mol. The second-order valence-corrected chi connectivity index (χ2v) is 7.35. The molecule has 1 spiro atoms. The molecule has 0 aliphatic carbocycles. The van der Waals surface area contributed by atoms with E-state index in [0.29, 0.717) is 22.6 Å². The largest absolute Gasteiger partial charge is 0.497 e. The van der Waals surface area contributed by atoms with Crippen molar-refractivity contribution in [3.63, 3.8) is 0 Å². The summed E-state index contributed by atoms with van der Waals surface area (Å²) in [5.74, 6) is -0.905. The average Bonchev–Trinajstić information content (AvgIpc) is 3.26. The van der Waals surface area contributed by atoms with Crippen LogP contribution in [0.3, 0.4) is 0 Å². The molecule has 0 fully saturated rings. The van der Waals surface area contributed by atoms with E-state index < -0.39 is 28.2 Å². The summed E-state index contributed by atoms with van der Waals surface area (Å²) in [6.45, 7) is 0. The van der Waals surface area contributed by atoms with E-state index in [2.05, 4.69) is 4.99 Å². The maximum atomic E-state index is 14.0. The van der Waals surface area contributed by atoms with E-state index in [4.69, 9.17) is 9.47 Å². The highest BCUT2D eigenvalue weighted by Crippen LogP contribution is 2.64. The molecule has 0 radical (unpaired) electrons. The molecule has 8 nitrogen and oxygen atoms in total. The van der Waals surface area contributed by atoms with Crippen molar-refractivity contribution in [1.82, 2.24) is 0 Å². The van der Waals surface area contributed by atoms with Crippen LogP contribution in [0.15, 0.2) is 53.5 Å². The molecule has 2 aliphatic heterocycles. The van der Waals surface area contributed by atoms with Gasteiger partial charge in [-0.25, -0.2) is 4.79 Å². The molecule has 31 heavy (non-hydrogen) atoms. The number of amides is 1. The number of nitrogens with zero attached hydrogens (tertiary/aromatic N) is 4. The molecular formula is C23H18N4O4. The van der Waals surface area contributed by atoms with Gasteiger partial charge in [-0.1, -0.05) is 30.3 Å². The molecule has 8 heteroatoms. The quantitative estimate of drug-likeness (QED) is 0.710. The molecule has 2 aromatic rings. The lowest BCUT2D eigenvalue weighted by molar-refractivity contribution is -0.154. The van der Waals surface area contributed by atoms with Crippen LogP contribution in [0.5, 0.6) is 5.75 Å². The predicted octanol–water partition coefficient (Wildman–Crippen LogP) is 2.10. The van der Waals surface area contributed by atoms with Crippen molar-refractivity contribution in [2.45, 2.75) is 11.0 Å². The fraction of sp³-hybridized carbons (Fsp3) is 0.261. The topological polar surface area (TPSA) is 116 Å². The Morgan fingerprint density at radius 3 is 2.29 bits per heavy atom.